The Kier molecular flexibility index (Phi) is 16.7. The number of thioether (sulfide) groups is 1. The Labute approximate surface area is 114 Å². The van der Waals surface area contributed by atoms with Gasteiger partial charge in [0.25, 0.3) is 0 Å². The fourth-order valence-corrected chi connectivity index (χ4v) is 2.83. The van der Waals surface area contributed by atoms with E-state index in [4.69, 9.17) is 0 Å². The fraction of sp³-hybridized carbons (Fsp3) is 0.938. The Hall–Kier alpha value is 0.350. The van der Waals surface area contributed by atoms with Crippen molar-refractivity contribution in [2.75, 3.05) is 5.75 Å². The second-order valence-corrected chi connectivity index (χ2v) is 6.08. The van der Waals surface area contributed by atoms with E-state index in [0.29, 0.717) is 0 Å². The maximum absolute atomic E-state index is 2.44. The van der Waals surface area contributed by atoms with Crippen LogP contribution >= 0.6 is 11.8 Å². The molecule has 0 bridgehead atoms. The zero-order chi connectivity index (χ0) is 12.6. The highest BCUT2D eigenvalue weighted by Crippen LogP contribution is 2.16. The van der Waals surface area contributed by atoms with E-state index in [1.165, 1.54) is 82.8 Å². The van der Waals surface area contributed by atoms with E-state index in [0.717, 1.165) is 0 Å². The maximum Gasteiger partial charge on any atom is 0.0166 e. The summed E-state index contributed by atoms with van der Waals surface area (Å²) in [5, 5.41) is 0. The molecule has 0 rings (SSSR count). The fourth-order valence-electron chi connectivity index (χ4n) is 1.96. The lowest BCUT2D eigenvalue weighted by Crippen LogP contribution is -1.82. The lowest BCUT2D eigenvalue weighted by molar-refractivity contribution is 0.576. The molecule has 0 heterocycles. The molecule has 17 heavy (non-hydrogen) atoms. The van der Waals surface area contributed by atoms with Crippen LogP contribution < -0.4 is 0 Å². The lowest BCUT2D eigenvalue weighted by Gasteiger charge is -2.02. The van der Waals surface area contributed by atoms with Crippen molar-refractivity contribution in [2.24, 2.45) is 0 Å². The van der Waals surface area contributed by atoms with Crippen molar-refractivity contribution in [3.63, 3.8) is 0 Å². The van der Waals surface area contributed by atoms with E-state index >= 15 is 0 Å². The molecule has 0 spiro atoms. The van der Waals surface area contributed by atoms with Gasteiger partial charge in [-0.05, 0) is 18.6 Å². The van der Waals surface area contributed by atoms with Gasteiger partial charge in [0.1, 0.15) is 0 Å². The van der Waals surface area contributed by atoms with Gasteiger partial charge in [-0.2, -0.15) is 11.8 Å². The summed E-state index contributed by atoms with van der Waals surface area (Å²) in [6, 6.07) is 0. The third kappa shape index (κ3) is 16.4. The Morgan fingerprint density at radius 1 is 0.647 bits per heavy atom. The van der Waals surface area contributed by atoms with E-state index in [-0.39, 0.29) is 0 Å². The van der Waals surface area contributed by atoms with Crippen molar-refractivity contribution >= 4 is 11.8 Å². The molecular formula is C16H33S. The van der Waals surface area contributed by atoms with Crippen LogP contribution in [0.2, 0.25) is 0 Å². The number of hydrogen-bond donors (Lipinski definition) is 0. The molecule has 0 saturated heterocycles. The molecule has 103 valence electrons. The maximum atomic E-state index is 2.44. The van der Waals surface area contributed by atoms with E-state index < -0.39 is 0 Å². The molecule has 0 amide bonds. The summed E-state index contributed by atoms with van der Waals surface area (Å²) in [5.74, 6) is 3.78. The van der Waals surface area contributed by atoms with Gasteiger partial charge in [-0.25, -0.2) is 0 Å². The van der Waals surface area contributed by atoms with Gasteiger partial charge < -0.3 is 0 Å². The van der Waals surface area contributed by atoms with Crippen LogP contribution in [0.4, 0.5) is 0 Å². The normalized spacial score (nSPS) is 10.9. The second-order valence-electron chi connectivity index (χ2n) is 5.01. The van der Waals surface area contributed by atoms with Gasteiger partial charge >= 0.3 is 0 Å². The summed E-state index contributed by atoms with van der Waals surface area (Å²) >= 11 is 2.04. The van der Waals surface area contributed by atoms with E-state index in [9.17, 15) is 0 Å². The Morgan fingerprint density at radius 2 is 1.18 bits per heavy atom. The third-order valence-corrected chi connectivity index (χ3v) is 4.15. The van der Waals surface area contributed by atoms with Crippen LogP contribution in [0.25, 0.3) is 0 Å². The molecule has 0 N–H and O–H groups in total. The Bertz CT molecular complexity index is 109. The summed E-state index contributed by atoms with van der Waals surface area (Å²) in [4.78, 5) is 0. The standard InChI is InChI=1S/C16H33S/c1-3-5-7-8-9-10-11-12-14-16-17-15-13-6-4-2/h16H,3-15H2,1-2H3. The molecule has 0 aromatic rings. The van der Waals surface area contributed by atoms with Crippen LogP contribution in [0.15, 0.2) is 0 Å². The second kappa shape index (κ2) is 16.4. The van der Waals surface area contributed by atoms with Crippen LogP contribution in [0.5, 0.6) is 0 Å². The van der Waals surface area contributed by atoms with Crippen LogP contribution in [0.3, 0.4) is 0 Å². The van der Waals surface area contributed by atoms with Crippen LogP contribution in [0.1, 0.15) is 90.9 Å². The average molecular weight is 258 g/mol. The van der Waals surface area contributed by atoms with Gasteiger partial charge in [0.15, 0.2) is 0 Å². The Morgan fingerprint density at radius 3 is 1.82 bits per heavy atom. The van der Waals surface area contributed by atoms with Crippen LogP contribution in [-0.2, 0) is 0 Å². The molecule has 0 aliphatic heterocycles. The molecule has 1 heteroatoms. The lowest BCUT2D eigenvalue weighted by atomic mass is 10.1. The van der Waals surface area contributed by atoms with Crippen LogP contribution in [0, 0.1) is 5.75 Å². The molecule has 0 aromatic carbocycles. The first kappa shape index (κ1) is 17.4. The molecule has 0 aliphatic rings. The molecule has 1 radical (unpaired) electrons. The van der Waals surface area contributed by atoms with Crippen molar-refractivity contribution in [3.05, 3.63) is 5.75 Å². The van der Waals surface area contributed by atoms with Crippen molar-refractivity contribution in [1.29, 1.82) is 0 Å². The number of unbranched alkanes of at least 4 members (excludes halogenated alkanes) is 10. The van der Waals surface area contributed by atoms with Gasteiger partial charge in [-0.1, -0.05) is 78.1 Å². The summed E-state index contributed by atoms with van der Waals surface area (Å²) in [6.07, 6.45) is 17.0. The summed E-state index contributed by atoms with van der Waals surface area (Å²) in [6.45, 7) is 4.56. The minimum atomic E-state index is 1.33. The minimum absolute atomic E-state index is 1.33. The van der Waals surface area contributed by atoms with Gasteiger partial charge in [-0.3, -0.25) is 0 Å². The van der Waals surface area contributed by atoms with Gasteiger partial charge in [0, 0.05) is 5.75 Å². The van der Waals surface area contributed by atoms with E-state index in [1.54, 1.807) is 0 Å². The van der Waals surface area contributed by atoms with Crippen LogP contribution in [-0.4, -0.2) is 5.75 Å². The predicted molar refractivity (Wildman–Crippen MR) is 83.5 cm³/mol. The van der Waals surface area contributed by atoms with E-state index in [1.807, 2.05) is 11.8 Å². The number of rotatable bonds is 14. The first-order valence-corrected chi connectivity index (χ1v) is 8.90. The smallest absolute Gasteiger partial charge is 0.0166 e. The average Bonchev–Trinajstić information content (AvgIpc) is 2.35. The highest BCUT2D eigenvalue weighted by molar-refractivity contribution is 8.01. The molecular weight excluding hydrogens is 224 g/mol. The zero-order valence-electron chi connectivity index (χ0n) is 12.2. The largest absolute Gasteiger partial charge is 0.157 e. The van der Waals surface area contributed by atoms with Crippen molar-refractivity contribution < 1.29 is 0 Å². The minimum Gasteiger partial charge on any atom is -0.157 e. The first-order valence-electron chi connectivity index (χ1n) is 7.85. The molecule has 0 aromatic heterocycles. The van der Waals surface area contributed by atoms with E-state index in [2.05, 4.69) is 19.6 Å². The quantitative estimate of drug-likeness (QED) is 0.316. The highest BCUT2D eigenvalue weighted by atomic mass is 32.2. The third-order valence-electron chi connectivity index (χ3n) is 3.16. The van der Waals surface area contributed by atoms with Gasteiger partial charge in [0.2, 0.25) is 0 Å². The summed E-state index contributed by atoms with van der Waals surface area (Å²) < 4.78 is 0. The van der Waals surface area contributed by atoms with Crippen molar-refractivity contribution in [2.45, 2.75) is 90.9 Å². The molecule has 0 unspecified atom stereocenters. The van der Waals surface area contributed by atoms with Crippen molar-refractivity contribution in [1.82, 2.24) is 0 Å². The summed E-state index contributed by atoms with van der Waals surface area (Å²) in [5.41, 5.74) is 0. The predicted octanol–water partition coefficient (Wildman–Crippen LogP) is 6.60. The van der Waals surface area contributed by atoms with Crippen molar-refractivity contribution in [3.8, 4) is 0 Å². The zero-order valence-corrected chi connectivity index (χ0v) is 13.0. The van der Waals surface area contributed by atoms with Gasteiger partial charge in [-0.15, -0.1) is 0 Å². The highest BCUT2D eigenvalue weighted by Gasteiger charge is 1.93. The van der Waals surface area contributed by atoms with Gasteiger partial charge in [0.05, 0.1) is 0 Å². The first-order chi connectivity index (χ1) is 8.41. The molecule has 0 nitrogen and oxygen atoms in total. The SMILES string of the molecule is CCCCCCCCCC[CH]SCCCCC. The number of hydrogen-bond acceptors (Lipinski definition) is 1. The molecule has 0 fully saturated rings. The molecule has 0 saturated carbocycles. The topological polar surface area (TPSA) is 0 Å². The Balaban J connectivity index is 2.85. The monoisotopic (exact) mass is 257 g/mol. The molecule has 0 aliphatic carbocycles. The summed E-state index contributed by atoms with van der Waals surface area (Å²) in [7, 11) is 0. The molecule has 0 atom stereocenters.